The Labute approximate surface area is 120 Å². The van der Waals surface area contributed by atoms with E-state index in [1.807, 2.05) is 23.9 Å². The molecule has 0 fully saturated rings. The van der Waals surface area contributed by atoms with Gasteiger partial charge >= 0.3 is 0 Å². The Morgan fingerprint density at radius 1 is 1.44 bits per heavy atom. The van der Waals surface area contributed by atoms with E-state index in [1.54, 1.807) is 0 Å². The summed E-state index contributed by atoms with van der Waals surface area (Å²) in [5.74, 6) is 1.11. The third-order valence-corrected chi connectivity index (χ3v) is 4.26. The van der Waals surface area contributed by atoms with Gasteiger partial charge in [-0.3, -0.25) is 0 Å². The molecule has 1 atom stereocenters. The maximum Gasteiger partial charge on any atom is 0.0471 e. The SMILES string of the molecule is CCNCc1c(Cl)cccc1N(C)C(C)CSC. The van der Waals surface area contributed by atoms with Crippen molar-refractivity contribution in [3.05, 3.63) is 28.8 Å². The Kier molecular flexibility index (Phi) is 6.90. The average molecular weight is 287 g/mol. The standard InChI is InChI=1S/C14H23ClN2S/c1-5-16-9-12-13(15)7-6-8-14(12)17(3)11(2)10-18-4/h6-8,11,16H,5,9-10H2,1-4H3. The molecule has 0 amide bonds. The first-order valence-electron chi connectivity index (χ1n) is 6.31. The lowest BCUT2D eigenvalue weighted by Gasteiger charge is -2.29. The zero-order valence-corrected chi connectivity index (χ0v) is 13.2. The van der Waals surface area contributed by atoms with E-state index in [2.05, 4.69) is 43.4 Å². The van der Waals surface area contributed by atoms with E-state index in [9.17, 15) is 0 Å². The Bertz CT molecular complexity index is 371. The summed E-state index contributed by atoms with van der Waals surface area (Å²) < 4.78 is 0. The summed E-state index contributed by atoms with van der Waals surface area (Å²) in [6.45, 7) is 6.13. The minimum atomic E-state index is 0.499. The highest BCUT2D eigenvalue weighted by molar-refractivity contribution is 7.98. The first-order valence-corrected chi connectivity index (χ1v) is 8.08. The first-order chi connectivity index (χ1) is 8.61. The van der Waals surface area contributed by atoms with Crippen molar-refractivity contribution in [2.75, 3.05) is 30.5 Å². The zero-order chi connectivity index (χ0) is 13.5. The highest BCUT2D eigenvalue weighted by Crippen LogP contribution is 2.28. The van der Waals surface area contributed by atoms with Gasteiger partial charge in [-0.2, -0.15) is 11.8 Å². The van der Waals surface area contributed by atoms with Crippen molar-refractivity contribution in [3.63, 3.8) is 0 Å². The van der Waals surface area contributed by atoms with Crippen LogP contribution in [-0.4, -0.2) is 31.6 Å². The fourth-order valence-electron chi connectivity index (χ4n) is 1.89. The zero-order valence-electron chi connectivity index (χ0n) is 11.7. The van der Waals surface area contributed by atoms with Crippen LogP contribution in [0.15, 0.2) is 18.2 Å². The monoisotopic (exact) mass is 286 g/mol. The van der Waals surface area contributed by atoms with Crippen LogP contribution in [0.1, 0.15) is 19.4 Å². The molecule has 0 bridgehead atoms. The quantitative estimate of drug-likeness (QED) is 0.824. The minimum Gasteiger partial charge on any atom is -0.371 e. The van der Waals surface area contributed by atoms with Crippen LogP contribution in [0.4, 0.5) is 5.69 Å². The molecule has 1 unspecified atom stereocenters. The molecule has 0 aliphatic carbocycles. The molecule has 0 heterocycles. The minimum absolute atomic E-state index is 0.499. The Balaban J connectivity index is 2.95. The molecular formula is C14H23ClN2S. The van der Waals surface area contributed by atoms with Gasteiger partial charge in [0.2, 0.25) is 0 Å². The number of nitrogens with one attached hydrogen (secondary N) is 1. The largest absolute Gasteiger partial charge is 0.371 e. The Morgan fingerprint density at radius 3 is 2.78 bits per heavy atom. The summed E-state index contributed by atoms with van der Waals surface area (Å²) in [4.78, 5) is 2.31. The molecule has 18 heavy (non-hydrogen) atoms. The van der Waals surface area contributed by atoms with Crippen molar-refractivity contribution in [1.82, 2.24) is 5.32 Å². The van der Waals surface area contributed by atoms with Crippen LogP contribution in [0.25, 0.3) is 0 Å². The fraction of sp³-hybridized carbons (Fsp3) is 0.571. The van der Waals surface area contributed by atoms with Crippen molar-refractivity contribution in [2.24, 2.45) is 0 Å². The highest BCUT2D eigenvalue weighted by Gasteiger charge is 2.14. The van der Waals surface area contributed by atoms with E-state index in [-0.39, 0.29) is 0 Å². The van der Waals surface area contributed by atoms with E-state index in [1.165, 1.54) is 11.3 Å². The van der Waals surface area contributed by atoms with Crippen LogP contribution in [0.3, 0.4) is 0 Å². The highest BCUT2D eigenvalue weighted by atomic mass is 35.5. The van der Waals surface area contributed by atoms with Crippen LogP contribution >= 0.6 is 23.4 Å². The number of anilines is 1. The summed E-state index contributed by atoms with van der Waals surface area (Å²) >= 11 is 8.19. The molecular weight excluding hydrogens is 264 g/mol. The van der Waals surface area contributed by atoms with Crippen LogP contribution < -0.4 is 10.2 Å². The van der Waals surface area contributed by atoms with Gasteiger partial charge in [-0.05, 0) is 31.9 Å². The summed E-state index contributed by atoms with van der Waals surface area (Å²) in [6.07, 6.45) is 2.14. The number of rotatable bonds is 7. The van der Waals surface area contributed by atoms with Crippen molar-refractivity contribution in [2.45, 2.75) is 26.4 Å². The van der Waals surface area contributed by atoms with Crippen LogP contribution in [0.5, 0.6) is 0 Å². The molecule has 102 valence electrons. The van der Waals surface area contributed by atoms with Gasteiger partial charge in [-0.1, -0.05) is 24.6 Å². The topological polar surface area (TPSA) is 15.3 Å². The second-order valence-corrected chi connectivity index (χ2v) is 5.75. The van der Waals surface area contributed by atoms with E-state index in [4.69, 9.17) is 11.6 Å². The predicted molar refractivity (Wildman–Crippen MR) is 85.1 cm³/mol. The van der Waals surface area contributed by atoms with Gasteiger partial charge in [0.1, 0.15) is 0 Å². The van der Waals surface area contributed by atoms with E-state index < -0.39 is 0 Å². The molecule has 4 heteroatoms. The molecule has 0 saturated carbocycles. The van der Waals surface area contributed by atoms with E-state index in [0.717, 1.165) is 23.9 Å². The number of hydrogen-bond acceptors (Lipinski definition) is 3. The molecule has 1 aromatic carbocycles. The normalized spacial score (nSPS) is 12.5. The number of hydrogen-bond donors (Lipinski definition) is 1. The lowest BCUT2D eigenvalue weighted by Crippen LogP contribution is -2.32. The van der Waals surface area contributed by atoms with Gasteiger partial charge in [0.25, 0.3) is 0 Å². The third-order valence-electron chi connectivity index (χ3n) is 3.09. The Morgan fingerprint density at radius 2 is 2.17 bits per heavy atom. The molecule has 0 radical (unpaired) electrons. The summed E-state index contributed by atoms with van der Waals surface area (Å²) in [6, 6.07) is 6.63. The molecule has 0 aromatic heterocycles. The van der Waals surface area contributed by atoms with Crippen LogP contribution in [0.2, 0.25) is 5.02 Å². The van der Waals surface area contributed by atoms with Gasteiger partial charge in [-0.15, -0.1) is 0 Å². The summed E-state index contributed by atoms with van der Waals surface area (Å²) in [5.41, 5.74) is 2.42. The lowest BCUT2D eigenvalue weighted by molar-refractivity contribution is 0.712. The van der Waals surface area contributed by atoms with Gasteiger partial charge in [0.15, 0.2) is 0 Å². The summed E-state index contributed by atoms with van der Waals surface area (Å²) in [7, 11) is 2.14. The van der Waals surface area contributed by atoms with Gasteiger partial charge in [0.05, 0.1) is 0 Å². The molecule has 0 aliphatic rings. The fourth-order valence-corrected chi connectivity index (χ4v) is 2.84. The van der Waals surface area contributed by atoms with Gasteiger partial charge in [-0.25, -0.2) is 0 Å². The Hall–Kier alpha value is -0.380. The summed E-state index contributed by atoms with van der Waals surface area (Å²) in [5, 5.41) is 4.20. The predicted octanol–water partition coefficient (Wildman–Crippen LogP) is 3.64. The molecule has 0 saturated heterocycles. The van der Waals surface area contributed by atoms with Crippen molar-refractivity contribution < 1.29 is 0 Å². The average Bonchev–Trinajstić information content (AvgIpc) is 2.36. The second kappa shape index (κ2) is 7.93. The van der Waals surface area contributed by atoms with Gasteiger partial charge < -0.3 is 10.2 Å². The van der Waals surface area contributed by atoms with Crippen LogP contribution in [-0.2, 0) is 6.54 Å². The first kappa shape index (κ1) is 15.7. The molecule has 0 aliphatic heterocycles. The molecule has 1 rings (SSSR count). The molecule has 1 N–H and O–H groups in total. The van der Waals surface area contributed by atoms with Gasteiger partial charge in [0, 0.05) is 41.7 Å². The molecule has 2 nitrogen and oxygen atoms in total. The number of nitrogens with zero attached hydrogens (tertiary/aromatic N) is 1. The van der Waals surface area contributed by atoms with Crippen molar-refractivity contribution in [1.29, 1.82) is 0 Å². The van der Waals surface area contributed by atoms with Crippen molar-refractivity contribution >= 4 is 29.1 Å². The maximum atomic E-state index is 6.32. The van der Waals surface area contributed by atoms with Crippen LogP contribution in [0, 0.1) is 0 Å². The van der Waals surface area contributed by atoms with E-state index >= 15 is 0 Å². The second-order valence-electron chi connectivity index (χ2n) is 4.43. The van der Waals surface area contributed by atoms with Crippen molar-refractivity contribution in [3.8, 4) is 0 Å². The third kappa shape index (κ3) is 4.08. The molecule has 1 aromatic rings. The number of halogens is 1. The lowest BCUT2D eigenvalue weighted by atomic mass is 10.1. The maximum absolute atomic E-state index is 6.32. The van der Waals surface area contributed by atoms with E-state index in [0.29, 0.717) is 6.04 Å². The molecule has 0 spiro atoms. The number of benzene rings is 1. The smallest absolute Gasteiger partial charge is 0.0471 e. The number of thioether (sulfide) groups is 1.